The van der Waals surface area contributed by atoms with Crippen LogP contribution in [0.4, 0.5) is 0 Å². The molecular weight excluding hydrogens is 148 g/mol. The van der Waals surface area contributed by atoms with Gasteiger partial charge in [-0.2, -0.15) is 0 Å². The third-order valence-electron chi connectivity index (χ3n) is 3.42. The van der Waals surface area contributed by atoms with Crippen LogP contribution in [0.2, 0.25) is 0 Å². The summed E-state index contributed by atoms with van der Waals surface area (Å²) in [7, 11) is 0. The quantitative estimate of drug-likeness (QED) is 0.548. The highest BCUT2D eigenvalue weighted by molar-refractivity contribution is 5.25. The fourth-order valence-corrected chi connectivity index (χ4v) is 2.70. The first-order valence-corrected chi connectivity index (χ1v) is 5.19. The van der Waals surface area contributed by atoms with Gasteiger partial charge in [0.15, 0.2) is 0 Å². The number of aliphatic hydroxyl groups is 1. The van der Waals surface area contributed by atoms with E-state index in [1.807, 2.05) is 0 Å². The molecule has 1 N–H and O–H groups in total. The molecule has 0 saturated carbocycles. The predicted octanol–water partition coefficient (Wildman–Crippen LogP) is 2.65. The van der Waals surface area contributed by atoms with Crippen LogP contribution in [0.3, 0.4) is 0 Å². The van der Waals surface area contributed by atoms with Gasteiger partial charge in [0.2, 0.25) is 0 Å². The van der Waals surface area contributed by atoms with Crippen molar-refractivity contribution < 1.29 is 5.11 Å². The summed E-state index contributed by atoms with van der Waals surface area (Å²) in [5, 5.41) is 9.76. The van der Waals surface area contributed by atoms with Crippen LogP contribution in [0.25, 0.3) is 0 Å². The second-order valence-corrected chi connectivity index (χ2v) is 4.25. The molecule has 68 valence electrons. The maximum atomic E-state index is 9.76. The van der Waals surface area contributed by atoms with Gasteiger partial charge in [-0.15, -0.1) is 0 Å². The van der Waals surface area contributed by atoms with Crippen molar-refractivity contribution in [2.45, 2.75) is 51.6 Å². The smallest absolute Gasteiger partial charge is 0.0752 e. The van der Waals surface area contributed by atoms with Gasteiger partial charge >= 0.3 is 0 Å². The van der Waals surface area contributed by atoms with Crippen LogP contribution in [0.5, 0.6) is 0 Å². The Morgan fingerprint density at radius 3 is 2.50 bits per heavy atom. The molecule has 2 atom stereocenters. The largest absolute Gasteiger partial charge is 0.389 e. The lowest BCUT2D eigenvalue weighted by molar-refractivity contribution is 0.176. The summed E-state index contributed by atoms with van der Waals surface area (Å²) in [6.07, 6.45) is 7.17. The zero-order chi connectivity index (χ0) is 8.55. The summed E-state index contributed by atoms with van der Waals surface area (Å²) >= 11 is 0. The molecule has 0 aromatic heterocycles. The standard InChI is InChI=1S/C11H18O/c1-8-4-2-6-10-9(8)5-3-7-11(10)12/h8,11-12H,2-7H2,1H3. The molecule has 2 rings (SSSR count). The van der Waals surface area contributed by atoms with Crippen molar-refractivity contribution >= 4 is 0 Å². The van der Waals surface area contributed by atoms with Gasteiger partial charge in [-0.1, -0.05) is 12.5 Å². The molecule has 12 heavy (non-hydrogen) atoms. The third kappa shape index (κ3) is 1.31. The summed E-state index contributed by atoms with van der Waals surface area (Å²) in [4.78, 5) is 0. The molecule has 0 aromatic carbocycles. The van der Waals surface area contributed by atoms with Crippen LogP contribution in [-0.4, -0.2) is 11.2 Å². The lowest BCUT2D eigenvalue weighted by atomic mass is 9.75. The molecule has 2 unspecified atom stereocenters. The lowest BCUT2D eigenvalue weighted by Gasteiger charge is -2.32. The van der Waals surface area contributed by atoms with Crippen LogP contribution >= 0.6 is 0 Å². The number of hydrogen-bond donors (Lipinski definition) is 1. The molecule has 1 nitrogen and oxygen atoms in total. The Kier molecular flexibility index (Phi) is 2.22. The Labute approximate surface area is 74.5 Å². The summed E-state index contributed by atoms with van der Waals surface area (Å²) in [6, 6.07) is 0. The van der Waals surface area contributed by atoms with Gasteiger partial charge in [0.1, 0.15) is 0 Å². The topological polar surface area (TPSA) is 20.2 Å². The average molecular weight is 166 g/mol. The lowest BCUT2D eigenvalue weighted by Crippen LogP contribution is -2.23. The number of aliphatic hydroxyl groups excluding tert-OH is 1. The predicted molar refractivity (Wildman–Crippen MR) is 49.9 cm³/mol. The van der Waals surface area contributed by atoms with E-state index >= 15 is 0 Å². The minimum absolute atomic E-state index is 0.0866. The first kappa shape index (κ1) is 8.31. The van der Waals surface area contributed by atoms with Gasteiger partial charge in [0.25, 0.3) is 0 Å². The van der Waals surface area contributed by atoms with E-state index in [1.54, 1.807) is 5.57 Å². The molecule has 2 aliphatic carbocycles. The molecule has 1 heteroatoms. The van der Waals surface area contributed by atoms with E-state index in [4.69, 9.17) is 0 Å². The fourth-order valence-electron chi connectivity index (χ4n) is 2.70. The maximum Gasteiger partial charge on any atom is 0.0752 e. The fraction of sp³-hybridized carbons (Fsp3) is 0.818. The summed E-state index contributed by atoms with van der Waals surface area (Å²) in [5.74, 6) is 0.753. The van der Waals surface area contributed by atoms with Gasteiger partial charge in [-0.3, -0.25) is 0 Å². The highest BCUT2D eigenvalue weighted by Gasteiger charge is 2.26. The highest BCUT2D eigenvalue weighted by Crippen LogP contribution is 2.38. The van der Waals surface area contributed by atoms with Crippen molar-refractivity contribution in [3.8, 4) is 0 Å². The minimum atomic E-state index is -0.0866. The second kappa shape index (κ2) is 3.21. The average Bonchev–Trinajstić information content (AvgIpc) is 2.07. The zero-order valence-electron chi connectivity index (χ0n) is 7.84. The second-order valence-electron chi connectivity index (χ2n) is 4.25. The Bertz CT molecular complexity index is 183. The number of allylic oxidation sites excluding steroid dienone is 1. The van der Waals surface area contributed by atoms with Crippen LogP contribution < -0.4 is 0 Å². The maximum absolute atomic E-state index is 9.76. The first-order chi connectivity index (χ1) is 5.79. The van der Waals surface area contributed by atoms with E-state index in [0.717, 1.165) is 12.3 Å². The van der Waals surface area contributed by atoms with Crippen LogP contribution in [0.15, 0.2) is 11.1 Å². The number of hydrogen-bond acceptors (Lipinski definition) is 1. The molecule has 0 aromatic rings. The SMILES string of the molecule is CC1CCCC2=C1CCCC2O. The van der Waals surface area contributed by atoms with Crippen LogP contribution in [0.1, 0.15) is 45.4 Å². The van der Waals surface area contributed by atoms with Crippen molar-refractivity contribution in [3.05, 3.63) is 11.1 Å². The summed E-state index contributed by atoms with van der Waals surface area (Å²) < 4.78 is 0. The van der Waals surface area contributed by atoms with Crippen molar-refractivity contribution in [3.63, 3.8) is 0 Å². The summed E-state index contributed by atoms with van der Waals surface area (Å²) in [6.45, 7) is 2.31. The van der Waals surface area contributed by atoms with Crippen LogP contribution in [-0.2, 0) is 0 Å². The first-order valence-electron chi connectivity index (χ1n) is 5.19. The Balaban J connectivity index is 2.26. The monoisotopic (exact) mass is 166 g/mol. The zero-order valence-corrected chi connectivity index (χ0v) is 7.84. The van der Waals surface area contributed by atoms with Crippen molar-refractivity contribution in [2.24, 2.45) is 5.92 Å². The Morgan fingerprint density at radius 2 is 1.75 bits per heavy atom. The normalized spacial score (nSPS) is 36.5. The third-order valence-corrected chi connectivity index (χ3v) is 3.42. The number of rotatable bonds is 0. The highest BCUT2D eigenvalue weighted by atomic mass is 16.3. The Morgan fingerprint density at radius 1 is 1.08 bits per heavy atom. The van der Waals surface area contributed by atoms with Crippen molar-refractivity contribution in [1.82, 2.24) is 0 Å². The Hall–Kier alpha value is -0.300. The molecule has 0 heterocycles. The molecule has 0 radical (unpaired) electrons. The van der Waals surface area contributed by atoms with Gasteiger partial charge < -0.3 is 5.11 Å². The van der Waals surface area contributed by atoms with Gasteiger partial charge in [0, 0.05) is 0 Å². The van der Waals surface area contributed by atoms with E-state index in [-0.39, 0.29) is 6.10 Å². The van der Waals surface area contributed by atoms with Gasteiger partial charge in [-0.25, -0.2) is 0 Å². The summed E-state index contributed by atoms with van der Waals surface area (Å²) in [5.41, 5.74) is 3.00. The molecule has 0 spiro atoms. The van der Waals surface area contributed by atoms with E-state index in [2.05, 4.69) is 6.92 Å². The van der Waals surface area contributed by atoms with Gasteiger partial charge in [-0.05, 0) is 50.0 Å². The minimum Gasteiger partial charge on any atom is -0.389 e. The van der Waals surface area contributed by atoms with E-state index in [0.29, 0.717) is 0 Å². The molecule has 2 aliphatic rings. The van der Waals surface area contributed by atoms with E-state index < -0.39 is 0 Å². The molecule has 0 aliphatic heterocycles. The van der Waals surface area contributed by atoms with Crippen LogP contribution in [0, 0.1) is 5.92 Å². The molecule has 0 fully saturated rings. The van der Waals surface area contributed by atoms with Crippen molar-refractivity contribution in [1.29, 1.82) is 0 Å². The molecule has 0 amide bonds. The van der Waals surface area contributed by atoms with Crippen molar-refractivity contribution in [2.75, 3.05) is 0 Å². The molecule has 0 saturated heterocycles. The van der Waals surface area contributed by atoms with E-state index in [9.17, 15) is 5.11 Å². The van der Waals surface area contributed by atoms with E-state index in [1.165, 1.54) is 37.7 Å². The van der Waals surface area contributed by atoms with Gasteiger partial charge in [0.05, 0.1) is 6.10 Å². The molecule has 0 bridgehead atoms. The molecular formula is C11H18O.